The zero-order valence-corrected chi connectivity index (χ0v) is 20.2. The number of nitro benzene ring substituents is 1. The molecule has 3 rings (SSSR count). The molecule has 14 heteroatoms. The molecule has 2 aromatic rings. The Labute approximate surface area is 197 Å². The zero-order chi connectivity index (χ0) is 25.0. The highest BCUT2D eigenvalue weighted by atomic mass is 31.2. The van der Waals surface area contributed by atoms with Crippen LogP contribution in [0.25, 0.3) is 11.0 Å². The van der Waals surface area contributed by atoms with Crippen molar-refractivity contribution >= 4 is 25.2 Å². The monoisotopic (exact) mass is 498 g/mol. The fourth-order valence-electron chi connectivity index (χ4n) is 3.83. The smallest absolute Gasteiger partial charge is 0.299 e. The molecule has 0 radical (unpaired) electrons. The Bertz CT molecular complexity index is 1020. The predicted molar refractivity (Wildman–Crippen MR) is 120 cm³/mol. The van der Waals surface area contributed by atoms with E-state index in [0.29, 0.717) is 0 Å². The first-order chi connectivity index (χ1) is 16.2. The van der Waals surface area contributed by atoms with Crippen LogP contribution in [0, 0.1) is 21.4 Å². The van der Waals surface area contributed by atoms with Crippen LogP contribution in [-0.4, -0.2) is 73.4 Å². The molecule has 1 aromatic carbocycles. The van der Waals surface area contributed by atoms with Crippen molar-refractivity contribution in [3.63, 3.8) is 0 Å². The summed E-state index contributed by atoms with van der Waals surface area (Å²) in [6.07, 6.45) is -5.22. The van der Waals surface area contributed by atoms with E-state index >= 15 is 4.39 Å². The molecule has 0 saturated carbocycles. The average Bonchev–Trinajstić information content (AvgIpc) is 3.34. The van der Waals surface area contributed by atoms with E-state index in [4.69, 9.17) is 19.0 Å². The number of nitriles is 1. The largest absolute Gasteiger partial charge is 0.394 e. The second kappa shape index (κ2) is 11.4. The third kappa shape index (κ3) is 5.33. The summed E-state index contributed by atoms with van der Waals surface area (Å²) in [6.45, 7) is 7.28. The van der Waals surface area contributed by atoms with E-state index in [1.807, 2.05) is 38.4 Å². The van der Waals surface area contributed by atoms with Crippen LogP contribution < -0.4 is 0 Å². The van der Waals surface area contributed by atoms with E-state index in [0.717, 1.165) is 0 Å². The lowest BCUT2D eigenvalue weighted by Gasteiger charge is -2.37. The Balaban J connectivity index is 1.99. The lowest BCUT2D eigenvalue weighted by atomic mass is 10.1. The van der Waals surface area contributed by atoms with Crippen LogP contribution in [0.3, 0.4) is 0 Å². The summed E-state index contributed by atoms with van der Waals surface area (Å²) in [4.78, 5) is 10.8. The van der Waals surface area contributed by atoms with Gasteiger partial charge in [-0.05, 0) is 33.8 Å². The lowest BCUT2D eigenvalue weighted by molar-refractivity contribution is -0.383. The van der Waals surface area contributed by atoms with Crippen LogP contribution in [0.15, 0.2) is 18.2 Å². The fraction of sp³-hybridized carbons (Fsp3) is 0.650. The molecule has 0 amide bonds. The molecule has 1 fully saturated rings. The van der Waals surface area contributed by atoms with Gasteiger partial charge in [0.05, 0.1) is 36.1 Å². The van der Waals surface area contributed by atoms with E-state index in [9.17, 15) is 15.2 Å². The number of alkyl halides is 1. The first kappa shape index (κ1) is 26.3. The molecule has 1 N–H and O–H groups in total. The number of aliphatic hydroxyl groups is 1. The van der Waals surface area contributed by atoms with Gasteiger partial charge in [-0.25, -0.2) is 13.7 Å². The maximum absolute atomic E-state index is 15.4. The number of aliphatic hydroxyl groups excluding tert-OH is 1. The number of fused-ring (bicyclic) bond motifs is 1. The van der Waals surface area contributed by atoms with E-state index in [-0.39, 0.29) is 41.8 Å². The van der Waals surface area contributed by atoms with Crippen LogP contribution in [0.4, 0.5) is 10.1 Å². The molecule has 1 aromatic heterocycles. The van der Waals surface area contributed by atoms with Gasteiger partial charge in [-0.1, -0.05) is 11.3 Å². The number of halogens is 1. The first-order valence-corrected chi connectivity index (χ1v) is 12.0. The molecule has 34 heavy (non-hydrogen) atoms. The highest BCUT2D eigenvalue weighted by molar-refractivity contribution is 7.44. The summed E-state index contributed by atoms with van der Waals surface area (Å²) in [6, 6.07) is 6.30. The number of rotatable bonds is 11. The molecular weight excluding hydrogens is 470 g/mol. The topological polar surface area (TPSA) is 149 Å². The van der Waals surface area contributed by atoms with Crippen molar-refractivity contribution in [2.75, 3.05) is 13.2 Å². The third-order valence-corrected chi connectivity index (χ3v) is 7.37. The highest BCUT2D eigenvalue weighted by Gasteiger charge is 2.50. The van der Waals surface area contributed by atoms with Crippen molar-refractivity contribution < 1.29 is 28.2 Å². The van der Waals surface area contributed by atoms with Gasteiger partial charge in [0, 0.05) is 18.2 Å². The van der Waals surface area contributed by atoms with Crippen molar-refractivity contribution in [1.29, 1.82) is 5.26 Å². The molecule has 1 saturated heterocycles. The van der Waals surface area contributed by atoms with E-state index in [2.05, 4.69) is 10.3 Å². The predicted octanol–water partition coefficient (Wildman–Crippen LogP) is 3.23. The van der Waals surface area contributed by atoms with Crippen LogP contribution in [0.2, 0.25) is 0 Å². The highest BCUT2D eigenvalue weighted by Crippen LogP contribution is 2.51. The molecule has 1 aliphatic rings. The standard InChI is InChI=1S/C20H28FN6O6P/c1-12(2)26(13(3)4)34(31-10-6-9-22)33-19-17(21)16(11-28)32-20(19)25-14-7-5-8-15(27(29)30)18(14)23-24-25/h5,7-8,12-13,16-17,19-20,28H,6,10-11H2,1-4H3/t16-,17-,19-,20-,34?/m1/s1. The van der Waals surface area contributed by atoms with Crippen molar-refractivity contribution in [2.24, 2.45) is 0 Å². The van der Waals surface area contributed by atoms with Gasteiger partial charge in [-0.2, -0.15) is 5.26 Å². The third-order valence-electron chi connectivity index (χ3n) is 5.24. The first-order valence-electron chi connectivity index (χ1n) is 10.8. The van der Waals surface area contributed by atoms with Gasteiger partial charge in [0.25, 0.3) is 14.2 Å². The van der Waals surface area contributed by atoms with Gasteiger partial charge in [-0.3, -0.25) is 10.1 Å². The molecular formula is C20H28FN6O6P. The Morgan fingerprint density at radius 1 is 1.41 bits per heavy atom. The van der Waals surface area contributed by atoms with E-state index < -0.39 is 44.7 Å². The van der Waals surface area contributed by atoms with Gasteiger partial charge in [0.1, 0.15) is 12.2 Å². The number of hydrogen-bond acceptors (Lipinski definition) is 10. The maximum atomic E-state index is 15.4. The Morgan fingerprint density at radius 3 is 2.71 bits per heavy atom. The average molecular weight is 498 g/mol. The fourth-order valence-corrected chi connectivity index (χ4v) is 5.57. The number of aromatic nitrogens is 3. The summed E-state index contributed by atoms with van der Waals surface area (Å²) in [5.74, 6) is 0. The number of nitro groups is 1. The molecule has 0 spiro atoms. The normalized spacial score (nSPS) is 23.8. The van der Waals surface area contributed by atoms with Crippen LogP contribution in [-0.2, 0) is 13.8 Å². The SMILES string of the molecule is CC(C)N(C(C)C)P(OCCC#N)O[C@@H]1[C@H](F)[C@@H](CO)O[C@H]1n1nnc2c([N+](=O)[O-])cccc21. The molecule has 0 aliphatic carbocycles. The van der Waals surface area contributed by atoms with Crippen molar-refractivity contribution in [1.82, 2.24) is 19.7 Å². The number of nitrogens with zero attached hydrogens (tertiary/aromatic N) is 6. The molecule has 1 unspecified atom stereocenters. The van der Waals surface area contributed by atoms with Crippen molar-refractivity contribution in [2.45, 2.75) is 70.8 Å². The quantitative estimate of drug-likeness (QED) is 0.212. The summed E-state index contributed by atoms with van der Waals surface area (Å²) in [7, 11) is -1.83. The Hall–Kier alpha value is -2.33. The molecule has 5 atom stereocenters. The second-order valence-electron chi connectivity index (χ2n) is 8.24. The van der Waals surface area contributed by atoms with Crippen molar-refractivity contribution in [3.8, 4) is 6.07 Å². The lowest BCUT2D eigenvalue weighted by Crippen LogP contribution is -2.38. The van der Waals surface area contributed by atoms with E-state index in [1.165, 1.54) is 16.8 Å². The molecule has 12 nitrogen and oxygen atoms in total. The van der Waals surface area contributed by atoms with Gasteiger partial charge < -0.3 is 18.9 Å². The van der Waals surface area contributed by atoms with Crippen molar-refractivity contribution in [3.05, 3.63) is 28.3 Å². The summed E-state index contributed by atoms with van der Waals surface area (Å²) >= 11 is 0. The van der Waals surface area contributed by atoms with E-state index in [1.54, 1.807) is 6.07 Å². The zero-order valence-electron chi connectivity index (χ0n) is 19.3. The van der Waals surface area contributed by atoms with Crippen LogP contribution in [0.1, 0.15) is 40.3 Å². The number of benzene rings is 1. The minimum Gasteiger partial charge on any atom is -0.394 e. The molecule has 1 aliphatic heterocycles. The summed E-state index contributed by atoms with van der Waals surface area (Å²) in [5.41, 5.74) is 0.0386. The number of hydrogen-bond donors (Lipinski definition) is 1. The van der Waals surface area contributed by atoms with Gasteiger partial charge in [0.15, 0.2) is 17.9 Å². The number of non-ortho nitro benzene ring substituents is 1. The van der Waals surface area contributed by atoms with Gasteiger partial charge in [0.2, 0.25) is 0 Å². The minimum atomic E-state index is -1.83. The molecule has 0 bridgehead atoms. The maximum Gasteiger partial charge on any atom is 0.299 e. The van der Waals surface area contributed by atoms with Crippen LogP contribution in [0.5, 0.6) is 0 Å². The summed E-state index contributed by atoms with van der Waals surface area (Å²) < 4.78 is 36.4. The molecule has 2 heterocycles. The summed E-state index contributed by atoms with van der Waals surface area (Å²) in [5, 5.41) is 37.8. The number of ether oxygens (including phenoxy) is 1. The second-order valence-corrected chi connectivity index (χ2v) is 9.65. The Kier molecular flexibility index (Phi) is 8.81. The molecule has 186 valence electrons. The van der Waals surface area contributed by atoms with Gasteiger partial charge >= 0.3 is 0 Å². The Morgan fingerprint density at radius 2 is 2.12 bits per heavy atom. The van der Waals surface area contributed by atoms with Crippen LogP contribution >= 0.6 is 8.53 Å². The minimum absolute atomic E-state index is 0.0180. The van der Waals surface area contributed by atoms with Gasteiger partial charge in [-0.15, -0.1) is 5.10 Å².